The molecule has 0 spiro atoms. The van der Waals surface area contributed by atoms with Crippen LogP contribution in [0.5, 0.6) is 0 Å². The predicted octanol–water partition coefficient (Wildman–Crippen LogP) is 3.87. The summed E-state index contributed by atoms with van der Waals surface area (Å²) in [5, 5.41) is 11.6. The summed E-state index contributed by atoms with van der Waals surface area (Å²) in [6.45, 7) is 2.90. The summed E-state index contributed by atoms with van der Waals surface area (Å²) in [7, 11) is 0. The Balaban J connectivity index is 1.64. The van der Waals surface area contributed by atoms with E-state index in [1.165, 1.54) is 19.3 Å². The van der Waals surface area contributed by atoms with Gasteiger partial charge in [0.05, 0.1) is 17.7 Å². The van der Waals surface area contributed by atoms with E-state index in [0.29, 0.717) is 30.6 Å². The van der Waals surface area contributed by atoms with Crippen molar-refractivity contribution < 1.29 is 9.53 Å². The molecule has 0 aliphatic heterocycles. The number of benzene rings is 1. The predicted molar refractivity (Wildman–Crippen MR) is 86.4 cm³/mol. The minimum atomic E-state index is -0.00926. The Morgan fingerprint density at radius 2 is 2.05 bits per heavy atom. The van der Waals surface area contributed by atoms with Gasteiger partial charge in [0.25, 0.3) is 0 Å². The van der Waals surface area contributed by atoms with Crippen molar-refractivity contribution in [2.45, 2.75) is 51.6 Å². The normalized spacial score (nSPS) is 21.1. The number of amides is 1. The highest BCUT2D eigenvalue weighted by Crippen LogP contribution is 2.26. The van der Waals surface area contributed by atoms with Gasteiger partial charge in [0, 0.05) is 18.7 Å². The summed E-state index contributed by atoms with van der Waals surface area (Å²) in [6.07, 6.45) is 6.55. The van der Waals surface area contributed by atoms with Crippen LogP contribution in [-0.2, 0) is 9.53 Å². The molecule has 0 bridgehead atoms. The van der Waals surface area contributed by atoms with Gasteiger partial charge in [-0.1, -0.05) is 19.8 Å². The van der Waals surface area contributed by atoms with E-state index in [0.717, 1.165) is 18.5 Å². The van der Waals surface area contributed by atoms with Crippen LogP contribution >= 0.6 is 0 Å². The average Bonchev–Trinajstić information content (AvgIpc) is 2.54. The molecule has 2 rings (SSSR count). The fraction of sp³-hybridized carbons (Fsp3) is 0.556. The molecule has 4 heteroatoms. The summed E-state index contributed by atoms with van der Waals surface area (Å²) in [5.41, 5.74) is 1.32. The van der Waals surface area contributed by atoms with Gasteiger partial charge in [-0.25, -0.2) is 0 Å². The molecule has 1 N–H and O–H groups in total. The van der Waals surface area contributed by atoms with E-state index < -0.39 is 0 Å². The molecule has 1 aromatic carbocycles. The fourth-order valence-electron chi connectivity index (χ4n) is 2.85. The molecule has 0 saturated heterocycles. The second kappa shape index (κ2) is 8.55. The molecule has 2 atom stereocenters. The van der Waals surface area contributed by atoms with Crippen molar-refractivity contribution in [2.24, 2.45) is 5.92 Å². The Labute approximate surface area is 132 Å². The van der Waals surface area contributed by atoms with Crippen molar-refractivity contribution in [3.8, 4) is 6.07 Å². The number of hydrogen-bond donors (Lipinski definition) is 1. The van der Waals surface area contributed by atoms with Crippen LogP contribution < -0.4 is 5.32 Å². The Hall–Kier alpha value is -1.86. The molecule has 1 fully saturated rings. The maximum absolute atomic E-state index is 11.9. The largest absolute Gasteiger partial charge is 0.378 e. The molecular weight excluding hydrogens is 276 g/mol. The van der Waals surface area contributed by atoms with E-state index in [4.69, 9.17) is 10.00 Å². The quantitative estimate of drug-likeness (QED) is 0.811. The second-order valence-electron chi connectivity index (χ2n) is 6.01. The number of hydrogen-bond acceptors (Lipinski definition) is 3. The van der Waals surface area contributed by atoms with Gasteiger partial charge in [-0.2, -0.15) is 5.26 Å². The first-order chi connectivity index (χ1) is 10.7. The number of rotatable bonds is 6. The van der Waals surface area contributed by atoms with Crippen LogP contribution in [0.3, 0.4) is 0 Å². The second-order valence-corrected chi connectivity index (χ2v) is 6.01. The first-order valence-corrected chi connectivity index (χ1v) is 8.10. The van der Waals surface area contributed by atoms with Crippen molar-refractivity contribution in [3.05, 3.63) is 29.8 Å². The van der Waals surface area contributed by atoms with Gasteiger partial charge >= 0.3 is 0 Å². The van der Waals surface area contributed by atoms with E-state index in [9.17, 15) is 4.79 Å². The topological polar surface area (TPSA) is 62.1 Å². The van der Waals surface area contributed by atoms with Crippen LogP contribution in [0.4, 0.5) is 5.69 Å². The van der Waals surface area contributed by atoms with Gasteiger partial charge in [-0.3, -0.25) is 4.79 Å². The van der Waals surface area contributed by atoms with E-state index in [1.807, 2.05) is 0 Å². The highest BCUT2D eigenvalue weighted by Gasteiger charge is 2.21. The zero-order valence-electron chi connectivity index (χ0n) is 13.2. The minimum Gasteiger partial charge on any atom is -0.378 e. The number of anilines is 1. The monoisotopic (exact) mass is 300 g/mol. The molecule has 0 radical (unpaired) electrons. The number of carbonyl (C=O) groups is 1. The van der Waals surface area contributed by atoms with Gasteiger partial charge < -0.3 is 10.1 Å². The van der Waals surface area contributed by atoms with Crippen LogP contribution in [0.1, 0.15) is 51.0 Å². The smallest absolute Gasteiger partial charge is 0.224 e. The lowest BCUT2D eigenvalue weighted by atomic mass is 9.88. The van der Waals surface area contributed by atoms with Crippen molar-refractivity contribution >= 4 is 11.6 Å². The van der Waals surface area contributed by atoms with Crippen molar-refractivity contribution in [2.75, 3.05) is 11.9 Å². The minimum absolute atomic E-state index is 0.00926. The fourth-order valence-corrected chi connectivity index (χ4v) is 2.85. The highest BCUT2D eigenvalue weighted by molar-refractivity contribution is 5.90. The zero-order chi connectivity index (χ0) is 15.8. The highest BCUT2D eigenvalue weighted by atomic mass is 16.5. The lowest BCUT2D eigenvalue weighted by molar-refractivity contribution is -0.116. The number of ether oxygens (including phenoxy) is 1. The average molecular weight is 300 g/mol. The van der Waals surface area contributed by atoms with E-state index in [-0.39, 0.29) is 5.91 Å². The molecule has 2 unspecified atom stereocenters. The van der Waals surface area contributed by atoms with Crippen molar-refractivity contribution in [3.63, 3.8) is 0 Å². The SMILES string of the molecule is CC1CCCCC1OCCCC(=O)Nc1ccc(C#N)cc1. The third-order valence-electron chi connectivity index (χ3n) is 4.21. The van der Waals surface area contributed by atoms with Gasteiger partial charge in [-0.05, 0) is 49.4 Å². The van der Waals surface area contributed by atoms with Gasteiger partial charge in [0.2, 0.25) is 5.91 Å². The summed E-state index contributed by atoms with van der Waals surface area (Å²) >= 11 is 0. The first kappa shape index (κ1) is 16.5. The van der Waals surface area contributed by atoms with Gasteiger partial charge in [-0.15, -0.1) is 0 Å². The van der Waals surface area contributed by atoms with Crippen LogP contribution in [0.2, 0.25) is 0 Å². The number of nitrogens with zero attached hydrogens (tertiary/aromatic N) is 1. The van der Waals surface area contributed by atoms with Gasteiger partial charge in [0.15, 0.2) is 0 Å². The lowest BCUT2D eigenvalue weighted by Crippen LogP contribution is -2.26. The number of nitrogens with one attached hydrogen (secondary N) is 1. The number of nitriles is 1. The summed E-state index contributed by atoms with van der Waals surface area (Å²) in [4.78, 5) is 11.9. The molecule has 118 valence electrons. The Morgan fingerprint density at radius 3 is 2.73 bits per heavy atom. The molecule has 4 nitrogen and oxygen atoms in total. The van der Waals surface area contributed by atoms with Gasteiger partial charge in [0.1, 0.15) is 0 Å². The molecule has 1 aliphatic rings. The summed E-state index contributed by atoms with van der Waals surface area (Å²) in [6, 6.07) is 8.94. The third kappa shape index (κ3) is 5.16. The molecule has 1 aromatic rings. The van der Waals surface area contributed by atoms with E-state index in [1.54, 1.807) is 24.3 Å². The van der Waals surface area contributed by atoms with Crippen LogP contribution in [0.15, 0.2) is 24.3 Å². The summed E-state index contributed by atoms with van der Waals surface area (Å²) in [5.74, 6) is 0.631. The molecule has 1 amide bonds. The molecule has 1 aliphatic carbocycles. The van der Waals surface area contributed by atoms with E-state index >= 15 is 0 Å². The Morgan fingerprint density at radius 1 is 1.32 bits per heavy atom. The molecule has 0 aromatic heterocycles. The van der Waals surface area contributed by atoms with Crippen LogP contribution in [0.25, 0.3) is 0 Å². The molecule has 22 heavy (non-hydrogen) atoms. The lowest BCUT2D eigenvalue weighted by Gasteiger charge is -2.28. The molecule has 1 saturated carbocycles. The Bertz CT molecular complexity index is 519. The zero-order valence-corrected chi connectivity index (χ0v) is 13.2. The van der Waals surface area contributed by atoms with Crippen LogP contribution in [-0.4, -0.2) is 18.6 Å². The van der Waals surface area contributed by atoms with Crippen molar-refractivity contribution in [1.82, 2.24) is 0 Å². The van der Waals surface area contributed by atoms with Crippen molar-refractivity contribution in [1.29, 1.82) is 5.26 Å². The first-order valence-electron chi connectivity index (χ1n) is 8.10. The Kier molecular flexibility index (Phi) is 6.42. The maximum atomic E-state index is 11.9. The molecular formula is C18H24N2O2. The van der Waals surface area contributed by atoms with Crippen LogP contribution in [0, 0.1) is 17.2 Å². The third-order valence-corrected chi connectivity index (χ3v) is 4.21. The van der Waals surface area contributed by atoms with E-state index in [2.05, 4.69) is 18.3 Å². The summed E-state index contributed by atoms with van der Waals surface area (Å²) < 4.78 is 5.91. The standard InChI is InChI=1S/C18H24N2O2/c1-14-5-2-3-6-17(14)22-12-4-7-18(21)20-16-10-8-15(13-19)9-11-16/h8-11,14,17H,2-7,12H2,1H3,(H,20,21). The number of carbonyl (C=O) groups excluding carboxylic acids is 1. The molecule has 0 heterocycles. The maximum Gasteiger partial charge on any atom is 0.224 e.